The van der Waals surface area contributed by atoms with Crippen LogP contribution in [0.5, 0.6) is 11.5 Å². The van der Waals surface area contributed by atoms with Gasteiger partial charge in [-0.15, -0.1) is 0 Å². The van der Waals surface area contributed by atoms with Crippen molar-refractivity contribution in [2.45, 2.75) is 31.7 Å². The molecule has 5 rings (SSSR count). The molecule has 1 fully saturated rings. The van der Waals surface area contributed by atoms with Gasteiger partial charge in [-0.3, -0.25) is 4.79 Å². The lowest BCUT2D eigenvalue weighted by Crippen LogP contribution is -2.25. The Bertz CT molecular complexity index is 810. The van der Waals surface area contributed by atoms with Crippen LogP contribution in [0.1, 0.15) is 36.3 Å². The summed E-state index contributed by atoms with van der Waals surface area (Å²) >= 11 is 0. The van der Waals surface area contributed by atoms with Crippen molar-refractivity contribution >= 4 is 11.7 Å². The number of benzene rings is 1. The molecule has 1 saturated carbocycles. The second kappa shape index (κ2) is 5.26. The molecule has 1 N–H and O–H groups in total. The molecule has 1 aromatic heterocycles. The highest BCUT2D eigenvalue weighted by Gasteiger charge is 2.32. The summed E-state index contributed by atoms with van der Waals surface area (Å²) in [5, 5.41) is 7.53. The molecule has 6 nitrogen and oxygen atoms in total. The van der Waals surface area contributed by atoms with E-state index in [1.807, 2.05) is 29.1 Å². The van der Waals surface area contributed by atoms with E-state index in [4.69, 9.17) is 9.47 Å². The van der Waals surface area contributed by atoms with Gasteiger partial charge in [-0.1, -0.05) is 6.07 Å². The normalized spacial score (nSPS) is 22.0. The van der Waals surface area contributed by atoms with Crippen LogP contribution < -0.4 is 14.8 Å². The fraction of sp³-hybridized carbons (Fsp3) is 0.444. The number of nitrogens with one attached hydrogen (secondary N) is 1. The zero-order chi connectivity index (χ0) is 16.1. The zero-order valence-corrected chi connectivity index (χ0v) is 13.3. The first kappa shape index (κ1) is 13.9. The van der Waals surface area contributed by atoms with Crippen LogP contribution in [0.3, 0.4) is 0 Å². The van der Waals surface area contributed by atoms with E-state index < -0.39 is 0 Å². The highest BCUT2D eigenvalue weighted by atomic mass is 16.6. The third-order valence-corrected chi connectivity index (χ3v) is 4.99. The molecule has 1 unspecified atom stereocenters. The number of anilines is 1. The van der Waals surface area contributed by atoms with E-state index in [1.54, 1.807) is 0 Å². The molecule has 0 radical (unpaired) electrons. The van der Waals surface area contributed by atoms with E-state index >= 15 is 0 Å². The van der Waals surface area contributed by atoms with Gasteiger partial charge in [0.1, 0.15) is 19.0 Å². The summed E-state index contributed by atoms with van der Waals surface area (Å²) in [5.74, 6) is 3.16. The molecule has 2 aliphatic heterocycles. The molecule has 2 aromatic rings. The maximum Gasteiger partial charge on any atom is 0.226 e. The maximum atomic E-state index is 12.2. The molecular weight excluding hydrogens is 306 g/mol. The molecule has 0 saturated heterocycles. The zero-order valence-electron chi connectivity index (χ0n) is 13.3. The van der Waals surface area contributed by atoms with Crippen LogP contribution in [0, 0.1) is 5.92 Å². The van der Waals surface area contributed by atoms with Gasteiger partial charge in [-0.05, 0) is 36.5 Å². The first-order valence-corrected chi connectivity index (χ1v) is 8.53. The smallest absolute Gasteiger partial charge is 0.226 e. The minimum Gasteiger partial charge on any atom is -0.486 e. The summed E-state index contributed by atoms with van der Waals surface area (Å²) < 4.78 is 13.2. The van der Waals surface area contributed by atoms with Gasteiger partial charge in [0.05, 0.1) is 6.20 Å². The maximum absolute atomic E-state index is 12.2. The van der Waals surface area contributed by atoms with Gasteiger partial charge < -0.3 is 14.8 Å². The molecule has 24 heavy (non-hydrogen) atoms. The van der Waals surface area contributed by atoms with E-state index in [9.17, 15) is 4.79 Å². The van der Waals surface area contributed by atoms with E-state index in [0.29, 0.717) is 25.6 Å². The van der Waals surface area contributed by atoms with Crippen molar-refractivity contribution in [3.8, 4) is 11.5 Å². The SMILES string of the molecule is O=C1CC(c2ccc3c(c2)OCCO3)c2cnn(CC3CC3)c2N1. The Morgan fingerprint density at radius 2 is 2.04 bits per heavy atom. The van der Waals surface area contributed by atoms with E-state index in [0.717, 1.165) is 35.0 Å². The lowest BCUT2D eigenvalue weighted by atomic mass is 9.87. The molecule has 0 bridgehead atoms. The van der Waals surface area contributed by atoms with Crippen LogP contribution in [0.15, 0.2) is 24.4 Å². The number of amides is 1. The number of rotatable bonds is 3. The Labute approximate surface area is 139 Å². The first-order chi connectivity index (χ1) is 11.8. The Morgan fingerprint density at radius 1 is 1.21 bits per heavy atom. The van der Waals surface area contributed by atoms with Crippen LogP contribution in [0.2, 0.25) is 0 Å². The van der Waals surface area contributed by atoms with E-state index in [1.165, 1.54) is 12.8 Å². The molecule has 124 valence electrons. The van der Waals surface area contributed by atoms with Crippen molar-refractivity contribution in [1.29, 1.82) is 0 Å². The van der Waals surface area contributed by atoms with Gasteiger partial charge in [0.2, 0.25) is 5.91 Å². The molecule has 1 atom stereocenters. The summed E-state index contributed by atoms with van der Waals surface area (Å²) in [4.78, 5) is 12.2. The highest BCUT2D eigenvalue weighted by molar-refractivity contribution is 5.94. The number of carbonyl (C=O) groups excluding carboxylic acids is 1. The van der Waals surface area contributed by atoms with E-state index in [2.05, 4.69) is 10.4 Å². The average molecular weight is 325 g/mol. The summed E-state index contributed by atoms with van der Waals surface area (Å²) in [6.45, 7) is 2.03. The molecule has 1 aromatic carbocycles. The number of nitrogens with zero attached hydrogens (tertiary/aromatic N) is 2. The number of ether oxygens (including phenoxy) is 2. The standard InChI is InChI=1S/C18H19N3O3/c22-17-8-13(12-3-4-15-16(7-12)24-6-5-23-15)14-9-19-21(18(14)20-17)10-11-1-2-11/h3-4,7,9,11,13H,1-2,5-6,8,10H2,(H,20,22). The monoisotopic (exact) mass is 325 g/mol. The van der Waals surface area contributed by atoms with Gasteiger partial charge in [0.15, 0.2) is 11.5 Å². The Balaban J connectivity index is 1.52. The number of hydrogen-bond acceptors (Lipinski definition) is 4. The quantitative estimate of drug-likeness (QED) is 0.942. The minimum atomic E-state index is 0.0116. The van der Waals surface area contributed by atoms with Crippen molar-refractivity contribution < 1.29 is 14.3 Å². The Morgan fingerprint density at radius 3 is 2.88 bits per heavy atom. The van der Waals surface area contributed by atoms with Crippen LogP contribution in [-0.4, -0.2) is 28.9 Å². The minimum absolute atomic E-state index is 0.0116. The second-order valence-corrected chi connectivity index (χ2v) is 6.78. The van der Waals surface area contributed by atoms with Crippen LogP contribution in [0.25, 0.3) is 0 Å². The molecule has 0 spiro atoms. The number of aromatic nitrogens is 2. The largest absolute Gasteiger partial charge is 0.486 e. The van der Waals surface area contributed by atoms with Crippen molar-refractivity contribution in [1.82, 2.24) is 9.78 Å². The molecule has 6 heteroatoms. The van der Waals surface area contributed by atoms with Crippen molar-refractivity contribution in [2.75, 3.05) is 18.5 Å². The Hall–Kier alpha value is -2.50. The third-order valence-electron chi connectivity index (χ3n) is 4.99. The average Bonchev–Trinajstić information content (AvgIpc) is 3.34. The number of hydrogen-bond donors (Lipinski definition) is 1. The van der Waals surface area contributed by atoms with Gasteiger partial charge in [0, 0.05) is 24.4 Å². The summed E-state index contributed by atoms with van der Waals surface area (Å²) in [5.41, 5.74) is 2.16. The second-order valence-electron chi connectivity index (χ2n) is 6.78. The lowest BCUT2D eigenvalue weighted by molar-refractivity contribution is -0.116. The third kappa shape index (κ3) is 2.33. The molecule has 3 aliphatic rings. The number of fused-ring (bicyclic) bond motifs is 2. The van der Waals surface area contributed by atoms with Gasteiger partial charge in [-0.2, -0.15) is 5.10 Å². The van der Waals surface area contributed by atoms with Crippen molar-refractivity contribution in [3.05, 3.63) is 35.5 Å². The predicted octanol–water partition coefficient (Wildman–Crippen LogP) is 2.54. The van der Waals surface area contributed by atoms with Crippen LogP contribution >= 0.6 is 0 Å². The fourth-order valence-corrected chi connectivity index (χ4v) is 3.53. The molecule has 1 amide bonds. The van der Waals surface area contributed by atoms with Crippen molar-refractivity contribution in [2.24, 2.45) is 5.92 Å². The summed E-state index contributed by atoms with van der Waals surface area (Å²) in [6.07, 6.45) is 4.85. The number of carbonyl (C=O) groups is 1. The molecule has 1 aliphatic carbocycles. The summed E-state index contributed by atoms with van der Waals surface area (Å²) in [7, 11) is 0. The van der Waals surface area contributed by atoms with Crippen LogP contribution in [0.4, 0.5) is 5.82 Å². The first-order valence-electron chi connectivity index (χ1n) is 8.53. The Kier molecular flexibility index (Phi) is 3.04. The fourth-order valence-electron chi connectivity index (χ4n) is 3.53. The van der Waals surface area contributed by atoms with Crippen LogP contribution in [-0.2, 0) is 11.3 Å². The van der Waals surface area contributed by atoms with Gasteiger partial charge in [0.25, 0.3) is 0 Å². The van der Waals surface area contributed by atoms with Gasteiger partial charge >= 0.3 is 0 Å². The molecular formula is C18H19N3O3. The van der Waals surface area contributed by atoms with Crippen molar-refractivity contribution in [3.63, 3.8) is 0 Å². The topological polar surface area (TPSA) is 65.4 Å². The summed E-state index contributed by atoms with van der Waals surface area (Å²) in [6, 6.07) is 5.96. The molecule has 3 heterocycles. The highest BCUT2D eigenvalue weighted by Crippen LogP contribution is 2.41. The van der Waals surface area contributed by atoms with E-state index in [-0.39, 0.29) is 11.8 Å². The lowest BCUT2D eigenvalue weighted by Gasteiger charge is -2.25. The predicted molar refractivity (Wildman–Crippen MR) is 87.5 cm³/mol. The van der Waals surface area contributed by atoms with Gasteiger partial charge in [-0.25, -0.2) is 4.68 Å².